The van der Waals surface area contributed by atoms with Gasteiger partial charge >= 0.3 is 6.16 Å². The van der Waals surface area contributed by atoms with Crippen LogP contribution in [0.1, 0.15) is 0 Å². The molecule has 0 aliphatic heterocycles. The highest BCUT2D eigenvalue weighted by Gasteiger charge is 1.92. The Morgan fingerprint density at radius 3 is 2.57 bits per heavy atom. The van der Waals surface area contributed by atoms with E-state index >= 15 is 0 Å². The molecule has 40 valence electrons. The molecule has 0 spiro atoms. The van der Waals surface area contributed by atoms with Crippen molar-refractivity contribution in [3.05, 3.63) is 0 Å². The maximum Gasteiger partial charge on any atom is 0.518 e. The van der Waals surface area contributed by atoms with Gasteiger partial charge in [0.1, 0.15) is 12.0 Å². The molecule has 0 amide bonds. The minimum absolute atomic E-state index is 0.236. The number of hydrogen-bond donors (Lipinski definition) is 1. The lowest BCUT2D eigenvalue weighted by molar-refractivity contribution is 0.153. The monoisotopic (exact) mass is 122 g/mol. The quantitative estimate of drug-likeness (QED) is 0.427. The standard InChI is InChI=1S/C2H2O4S/c3-1-7-6-2(4)5/h1H,(H,4,5). The van der Waals surface area contributed by atoms with Crippen molar-refractivity contribution in [1.29, 1.82) is 0 Å². The summed E-state index contributed by atoms with van der Waals surface area (Å²) in [7, 11) is 0. The SMILES string of the molecule is O=CSOC(=O)O. The molecule has 0 fully saturated rings. The van der Waals surface area contributed by atoms with Crippen LogP contribution in [0.5, 0.6) is 0 Å². The van der Waals surface area contributed by atoms with Crippen LogP contribution in [0.3, 0.4) is 0 Å². The molecule has 1 N–H and O–H groups in total. The molecule has 7 heavy (non-hydrogen) atoms. The second-order valence-electron chi connectivity index (χ2n) is 0.542. The summed E-state index contributed by atoms with van der Waals surface area (Å²) in [5.74, 6) is 0. The van der Waals surface area contributed by atoms with Gasteiger partial charge in [0, 0.05) is 0 Å². The topological polar surface area (TPSA) is 63.6 Å². The van der Waals surface area contributed by atoms with Gasteiger partial charge < -0.3 is 9.29 Å². The summed E-state index contributed by atoms with van der Waals surface area (Å²) >= 11 is 0.236. The third-order valence-corrected chi connectivity index (χ3v) is 0.476. The molecule has 0 unspecified atom stereocenters. The fourth-order valence-corrected chi connectivity index (χ4v) is 0.182. The summed E-state index contributed by atoms with van der Waals surface area (Å²) in [6.45, 7) is 0. The first-order valence-electron chi connectivity index (χ1n) is 1.27. The molecule has 0 aliphatic rings. The molecular weight excluding hydrogens is 120 g/mol. The highest BCUT2D eigenvalue weighted by atomic mass is 32.2. The van der Waals surface area contributed by atoms with Crippen molar-refractivity contribution in [2.75, 3.05) is 0 Å². The molecule has 0 aromatic rings. The zero-order valence-electron chi connectivity index (χ0n) is 3.16. The second-order valence-corrected chi connectivity index (χ2v) is 1.09. The third kappa shape index (κ3) is 5.29. The number of carbonyl (C=O) groups is 2. The minimum Gasteiger partial charge on any atom is -0.449 e. The molecule has 0 heterocycles. The largest absolute Gasteiger partial charge is 0.518 e. The molecule has 0 radical (unpaired) electrons. The average molecular weight is 122 g/mol. The van der Waals surface area contributed by atoms with Crippen LogP contribution in [-0.2, 0) is 8.98 Å². The van der Waals surface area contributed by atoms with Crippen molar-refractivity contribution in [3.63, 3.8) is 0 Å². The first-order valence-corrected chi connectivity index (χ1v) is 2.07. The molecule has 0 rings (SSSR count). The van der Waals surface area contributed by atoms with E-state index < -0.39 is 6.16 Å². The highest BCUT2D eigenvalue weighted by Crippen LogP contribution is 1.93. The van der Waals surface area contributed by atoms with Crippen molar-refractivity contribution >= 4 is 23.8 Å². The predicted octanol–water partition coefficient (Wildman–Crippen LogP) is 0.519. The minimum atomic E-state index is -1.46. The van der Waals surface area contributed by atoms with Crippen LogP contribution in [0, 0.1) is 0 Å². The Hall–Kier alpha value is -0.710. The van der Waals surface area contributed by atoms with Crippen molar-refractivity contribution in [2.45, 2.75) is 0 Å². The van der Waals surface area contributed by atoms with Gasteiger partial charge in [-0.2, -0.15) is 0 Å². The van der Waals surface area contributed by atoms with Crippen LogP contribution in [0.25, 0.3) is 0 Å². The maximum atomic E-state index is 9.36. The average Bonchev–Trinajstić information content (AvgIpc) is 1.61. The molecule has 0 aromatic heterocycles. The van der Waals surface area contributed by atoms with E-state index in [4.69, 9.17) is 5.11 Å². The first kappa shape index (κ1) is 6.29. The number of hydrogen-bond acceptors (Lipinski definition) is 4. The third-order valence-electron chi connectivity index (χ3n) is 0.159. The summed E-state index contributed by atoms with van der Waals surface area (Å²) in [5.41, 5.74) is 0.286. The number of carbonyl (C=O) groups excluding carboxylic acids is 1. The van der Waals surface area contributed by atoms with Gasteiger partial charge in [-0.25, -0.2) is 4.79 Å². The summed E-state index contributed by atoms with van der Waals surface area (Å²) in [4.78, 5) is 18.6. The molecule has 0 saturated carbocycles. The van der Waals surface area contributed by atoms with E-state index in [0.29, 0.717) is 0 Å². The van der Waals surface area contributed by atoms with Gasteiger partial charge in [0.2, 0.25) is 5.62 Å². The molecule has 0 saturated heterocycles. The zero-order chi connectivity index (χ0) is 5.70. The highest BCUT2D eigenvalue weighted by molar-refractivity contribution is 8.08. The summed E-state index contributed by atoms with van der Waals surface area (Å²) in [6.07, 6.45) is -1.46. The number of carboxylic acid groups (broad SMARTS) is 1. The van der Waals surface area contributed by atoms with E-state index in [0.717, 1.165) is 0 Å². The molecule has 4 nitrogen and oxygen atoms in total. The van der Waals surface area contributed by atoms with Crippen LogP contribution < -0.4 is 0 Å². The molecule has 0 aromatic carbocycles. The molecule has 0 aliphatic carbocycles. The van der Waals surface area contributed by atoms with Crippen LogP contribution in [0.2, 0.25) is 0 Å². The normalized spacial score (nSPS) is 7.43. The fourth-order valence-electron chi connectivity index (χ4n) is 0.0608. The molecular formula is C2H2O4S. The van der Waals surface area contributed by atoms with Gasteiger partial charge in [0.05, 0.1) is 0 Å². The fraction of sp³-hybridized carbons (Fsp3) is 0. The Morgan fingerprint density at radius 2 is 2.43 bits per heavy atom. The van der Waals surface area contributed by atoms with Crippen molar-refractivity contribution in [1.82, 2.24) is 0 Å². The van der Waals surface area contributed by atoms with Crippen molar-refractivity contribution < 1.29 is 18.9 Å². The first-order chi connectivity index (χ1) is 3.27. The van der Waals surface area contributed by atoms with E-state index in [1.165, 1.54) is 0 Å². The Labute approximate surface area is 43.7 Å². The van der Waals surface area contributed by atoms with Crippen LogP contribution >= 0.6 is 12.0 Å². The lowest BCUT2D eigenvalue weighted by Crippen LogP contribution is -1.90. The van der Waals surface area contributed by atoms with Gasteiger partial charge in [0.15, 0.2) is 0 Å². The van der Waals surface area contributed by atoms with E-state index in [-0.39, 0.29) is 17.7 Å². The van der Waals surface area contributed by atoms with Gasteiger partial charge in [-0.1, -0.05) is 0 Å². The Balaban J connectivity index is 2.97. The van der Waals surface area contributed by atoms with Crippen LogP contribution in [-0.4, -0.2) is 16.9 Å². The summed E-state index contributed by atoms with van der Waals surface area (Å²) in [5, 5.41) is 7.64. The molecule has 5 heteroatoms. The van der Waals surface area contributed by atoms with Crippen molar-refractivity contribution in [2.24, 2.45) is 0 Å². The Morgan fingerprint density at radius 1 is 1.86 bits per heavy atom. The van der Waals surface area contributed by atoms with E-state index in [1.807, 2.05) is 0 Å². The zero-order valence-corrected chi connectivity index (χ0v) is 3.97. The van der Waals surface area contributed by atoms with Gasteiger partial charge in [-0.3, -0.25) is 4.79 Å². The van der Waals surface area contributed by atoms with Gasteiger partial charge in [0.25, 0.3) is 0 Å². The Kier molecular flexibility index (Phi) is 3.13. The smallest absolute Gasteiger partial charge is 0.449 e. The van der Waals surface area contributed by atoms with E-state index in [9.17, 15) is 9.59 Å². The summed E-state index contributed by atoms with van der Waals surface area (Å²) < 4.78 is 3.66. The van der Waals surface area contributed by atoms with E-state index in [2.05, 4.69) is 4.18 Å². The lowest BCUT2D eigenvalue weighted by atomic mass is 11.5. The predicted molar refractivity (Wildman–Crippen MR) is 23.5 cm³/mol. The van der Waals surface area contributed by atoms with Crippen molar-refractivity contribution in [3.8, 4) is 0 Å². The summed E-state index contributed by atoms with van der Waals surface area (Å²) in [6, 6.07) is 0. The van der Waals surface area contributed by atoms with Gasteiger partial charge in [-0.15, -0.1) is 0 Å². The second kappa shape index (κ2) is 3.48. The molecule has 0 atom stereocenters. The molecule has 0 bridgehead atoms. The van der Waals surface area contributed by atoms with Crippen LogP contribution in [0.15, 0.2) is 0 Å². The Bertz CT molecular complexity index is 79.8. The number of rotatable bonds is 2. The lowest BCUT2D eigenvalue weighted by Gasteiger charge is -1.83. The van der Waals surface area contributed by atoms with Crippen LogP contribution in [0.4, 0.5) is 4.79 Å². The van der Waals surface area contributed by atoms with E-state index in [1.54, 1.807) is 0 Å². The maximum absolute atomic E-state index is 9.36. The van der Waals surface area contributed by atoms with Gasteiger partial charge in [-0.05, 0) is 0 Å².